The molecule has 2 saturated carbocycles. The Morgan fingerprint density at radius 1 is 1.29 bits per heavy atom. The van der Waals surface area contributed by atoms with Gasteiger partial charge in [0.05, 0.1) is 0 Å². The van der Waals surface area contributed by atoms with Crippen LogP contribution in [0.1, 0.15) is 31.5 Å². The van der Waals surface area contributed by atoms with Gasteiger partial charge in [0.1, 0.15) is 11.0 Å². The number of halogens is 4. The van der Waals surface area contributed by atoms with Crippen LogP contribution in [0.5, 0.6) is 0 Å². The van der Waals surface area contributed by atoms with Gasteiger partial charge in [0, 0.05) is 19.7 Å². The molecule has 2 fully saturated rings. The fourth-order valence-corrected chi connectivity index (χ4v) is 3.95. The summed E-state index contributed by atoms with van der Waals surface area (Å²) < 4.78 is 38.2. The third kappa shape index (κ3) is 3.10. The van der Waals surface area contributed by atoms with Crippen molar-refractivity contribution in [2.45, 2.75) is 31.9 Å². The molecule has 0 saturated heterocycles. The highest BCUT2D eigenvalue weighted by Gasteiger charge is 2.40. The van der Waals surface area contributed by atoms with Gasteiger partial charge in [-0.25, -0.2) is 9.97 Å². The van der Waals surface area contributed by atoms with E-state index in [1.807, 2.05) is 0 Å². The van der Waals surface area contributed by atoms with Crippen LogP contribution in [0.3, 0.4) is 0 Å². The van der Waals surface area contributed by atoms with Crippen LogP contribution in [0.4, 0.5) is 19.0 Å². The summed E-state index contributed by atoms with van der Waals surface area (Å²) >= 11 is 5.70. The molecule has 1 heterocycles. The number of anilines is 1. The molecule has 7 heteroatoms. The zero-order valence-corrected chi connectivity index (χ0v) is 12.5. The van der Waals surface area contributed by atoms with Crippen molar-refractivity contribution in [3.05, 3.63) is 17.0 Å². The van der Waals surface area contributed by atoms with Crippen LogP contribution in [0.25, 0.3) is 0 Å². The van der Waals surface area contributed by atoms with Crippen LogP contribution in [-0.4, -0.2) is 23.6 Å². The Bertz CT molecular complexity index is 535. The standard InChI is InChI=1S/C14H17ClF3N3/c1-21(7-10-5-8-2-3-9(10)4-8)12-6-11(15)19-13(20-12)14(16,17)18/h6,8-10H,2-5,7H2,1H3. The van der Waals surface area contributed by atoms with Crippen molar-refractivity contribution in [2.75, 3.05) is 18.5 Å². The fraction of sp³-hybridized carbons (Fsp3) is 0.714. The average molecular weight is 320 g/mol. The Labute approximate surface area is 126 Å². The molecule has 3 nitrogen and oxygen atoms in total. The molecule has 0 radical (unpaired) electrons. The Morgan fingerprint density at radius 3 is 2.62 bits per heavy atom. The summed E-state index contributed by atoms with van der Waals surface area (Å²) in [5.74, 6) is 1.15. The van der Waals surface area contributed by atoms with Gasteiger partial charge in [-0.2, -0.15) is 13.2 Å². The number of fused-ring (bicyclic) bond motifs is 2. The fourth-order valence-electron chi connectivity index (χ4n) is 3.77. The minimum absolute atomic E-state index is 0.174. The first-order valence-corrected chi connectivity index (χ1v) is 7.53. The summed E-state index contributed by atoms with van der Waals surface area (Å²) in [7, 11) is 1.77. The van der Waals surface area contributed by atoms with Crippen LogP contribution in [0.2, 0.25) is 5.15 Å². The maximum atomic E-state index is 12.7. The number of hydrogen-bond acceptors (Lipinski definition) is 3. The first kappa shape index (κ1) is 14.9. The molecule has 1 aromatic rings. The zero-order valence-electron chi connectivity index (χ0n) is 11.7. The van der Waals surface area contributed by atoms with Gasteiger partial charge >= 0.3 is 6.18 Å². The third-order valence-corrected chi connectivity index (χ3v) is 4.91. The first-order valence-electron chi connectivity index (χ1n) is 7.16. The second-order valence-corrected chi connectivity index (χ2v) is 6.57. The highest BCUT2D eigenvalue weighted by molar-refractivity contribution is 6.29. The topological polar surface area (TPSA) is 29.0 Å². The Hall–Kier alpha value is -1.04. The summed E-state index contributed by atoms with van der Waals surface area (Å²) in [4.78, 5) is 8.65. The lowest BCUT2D eigenvalue weighted by Gasteiger charge is -2.28. The van der Waals surface area contributed by atoms with Crippen molar-refractivity contribution in [1.29, 1.82) is 0 Å². The molecule has 2 aliphatic rings. The molecular weight excluding hydrogens is 303 g/mol. The first-order chi connectivity index (χ1) is 9.83. The van der Waals surface area contributed by atoms with Crippen molar-refractivity contribution >= 4 is 17.4 Å². The highest BCUT2D eigenvalue weighted by Crippen LogP contribution is 2.48. The maximum absolute atomic E-state index is 12.7. The van der Waals surface area contributed by atoms with Crippen molar-refractivity contribution in [1.82, 2.24) is 9.97 Å². The molecule has 0 aromatic carbocycles. The highest BCUT2D eigenvalue weighted by atomic mass is 35.5. The molecule has 0 amide bonds. The molecule has 3 atom stereocenters. The molecule has 2 aliphatic carbocycles. The van der Waals surface area contributed by atoms with Gasteiger partial charge in [0.2, 0.25) is 5.82 Å². The lowest BCUT2D eigenvalue weighted by atomic mass is 9.88. The van der Waals surface area contributed by atoms with E-state index in [1.54, 1.807) is 11.9 Å². The van der Waals surface area contributed by atoms with Crippen molar-refractivity contribution in [3.8, 4) is 0 Å². The molecule has 0 spiro atoms. The second-order valence-electron chi connectivity index (χ2n) is 6.19. The molecule has 3 rings (SSSR count). The van der Waals surface area contributed by atoms with Crippen LogP contribution in [-0.2, 0) is 6.18 Å². The van der Waals surface area contributed by atoms with E-state index in [2.05, 4.69) is 9.97 Å². The van der Waals surface area contributed by atoms with Gasteiger partial charge in [-0.05, 0) is 37.0 Å². The largest absolute Gasteiger partial charge is 0.451 e. The van der Waals surface area contributed by atoms with E-state index >= 15 is 0 Å². The average Bonchev–Trinajstić information content (AvgIpc) is 2.99. The van der Waals surface area contributed by atoms with Gasteiger partial charge in [0.25, 0.3) is 0 Å². The lowest BCUT2D eigenvalue weighted by molar-refractivity contribution is -0.144. The van der Waals surface area contributed by atoms with Gasteiger partial charge < -0.3 is 4.90 Å². The molecule has 2 bridgehead atoms. The predicted molar refractivity (Wildman–Crippen MR) is 74.3 cm³/mol. The van der Waals surface area contributed by atoms with Crippen molar-refractivity contribution in [3.63, 3.8) is 0 Å². The van der Waals surface area contributed by atoms with Gasteiger partial charge in [-0.15, -0.1) is 0 Å². The number of rotatable bonds is 3. The summed E-state index contributed by atoms with van der Waals surface area (Å²) in [6.07, 6.45) is 0.438. The van der Waals surface area contributed by atoms with Crippen LogP contribution in [0, 0.1) is 17.8 Å². The van der Waals surface area contributed by atoms with Crippen LogP contribution >= 0.6 is 11.6 Å². The van der Waals surface area contributed by atoms with Crippen molar-refractivity contribution in [2.24, 2.45) is 17.8 Å². The maximum Gasteiger partial charge on any atom is 0.451 e. The van der Waals surface area contributed by atoms with Crippen LogP contribution < -0.4 is 4.90 Å². The van der Waals surface area contributed by atoms with E-state index in [1.165, 1.54) is 31.7 Å². The molecule has 21 heavy (non-hydrogen) atoms. The Balaban J connectivity index is 1.75. The van der Waals surface area contributed by atoms with Gasteiger partial charge in [-0.3, -0.25) is 0 Å². The summed E-state index contributed by atoms with van der Waals surface area (Å²) in [5, 5.41) is -0.174. The second kappa shape index (κ2) is 5.30. The molecule has 1 aromatic heterocycles. The lowest BCUT2D eigenvalue weighted by Crippen LogP contribution is -2.29. The summed E-state index contributed by atoms with van der Waals surface area (Å²) in [6, 6.07) is 1.39. The summed E-state index contributed by atoms with van der Waals surface area (Å²) in [6.45, 7) is 0.728. The van der Waals surface area contributed by atoms with Gasteiger partial charge in [-0.1, -0.05) is 18.0 Å². The number of alkyl halides is 3. The number of hydrogen-bond donors (Lipinski definition) is 0. The number of nitrogens with zero attached hydrogens (tertiary/aromatic N) is 3. The summed E-state index contributed by atoms with van der Waals surface area (Å²) in [5.41, 5.74) is 0. The smallest absolute Gasteiger partial charge is 0.359 e. The molecular formula is C14H17ClF3N3. The number of aromatic nitrogens is 2. The van der Waals surface area contributed by atoms with Crippen molar-refractivity contribution < 1.29 is 13.2 Å². The van der Waals surface area contributed by atoms with E-state index in [0.29, 0.717) is 5.92 Å². The Kier molecular flexibility index (Phi) is 3.76. The molecule has 0 aliphatic heterocycles. The van der Waals surface area contributed by atoms with E-state index in [-0.39, 0.29) is 11.0 Å². The zero-order chi connectivity index (χ0) is 15.2. The SMILES string of the molecule is CN(CC1CC2CCC1C2)c1cc(Cl)nc(C(F)(F)F)n1. The van der Waals surface area contributed by atoms with E-state index in [9.17, 15) is 13.2 Å². The third-order valence-electron chi connectivity index (χ3n) is 4.72. The predicted octanol–water partition coefficient (Wildman–Crippen LogP) is 4.02. The minimum atomic E-state index is -4.58. The van der Waals surface area contributed by atoms with E-state index in [0.717, 1.165) is 18.4 Å². The van der Waals surface area contributed by atoms with Crippen LogP contribution in [0.15, 0.2) is 6.07 Å². The van der Waals surface area contributed by atoms with E-state index < -0.39 is 12.0 Å². The normalized spacial score (nSPS) is 28.1. The Morgan fingerprint density at radius 2 is 2.05 bits per heavy atom. The molecule has 0 N–H and O–H groups in total. The monoisotopic (exact) mass is 319 g/mol. The molecule has 116 valence electrons. The quantitative estimate of drug-likeness (QED) is 0.788. The van der Waals surface area contributed by atoms with E-state index in [4.69, 9.17) is 11.6 Å². The van der Waals surface area contributed by atoms with Gasteiger partial charge in [0.15, 0.2) is 0 Å². The minimum Gasteiger partial charge on any atom is -0.359 e. The molecule has 3 unspecified atom stereocenters.